The van der Waals surface area contributed by atoms with E-state index in [1.807, 2.05) is 37.3 Å². The summed E-state index contributed by atoms with van der Waals surface area (Å²) in [4.78, 5) is 34.8. The van der Waals surface area contributed by atoms with Crippen molar-refractivity contribution in [3.63, 3.8) is 0 Å². The van der Waals surface area contributed by atoms with E-state index in [-0.39, 0.29) is 5.97 Å². The SMILES string of the molecule is CC(C)(C)OC(=O)c1ccc(-c2cnc(N3CCOCC3)c3nc(C=O)cn23)cc1. The van der Waals surface area contributed by atoms with Crippen LogP contribution in [-0.2, 0) is 9.47 Å². The van der Waals surface area contributed by atoms with Gasteiger partial charge in [0.25, 0.3) is 0 Å². The van der Waals surface area contributed by atoms with E-state index in [2.05, 4.69) is 14.9 Å². The second-order valence-electron chi connectivity index (χ2n) is 8.12. The molecule has 0 bridgehead atoms. The van der Waals surface area contributed by atoms with E-state index in [0.717, 1.165) is 36.5 Å². The Kier molecular flexibility index (Phi) is 5.26. The zero-order valence-corrected chi connectivity index (χ0v) is 17.3. The van der Waals surface area contributed by atoms with Crippen LogP contribution in [-0.4, -0.2) is 58.5 Å². The molecule has 0 amide bonds. The number of ether oxygens (including phenoxy) is 2. The molecule has 0 saturated carbocycles. The van der Waals surface area contributed by atoms with Crippen molar-refractivity contribution in [3.8, 4) is 11.3 Å². The first kappa shape index (κ1) is 20.0. The maximum absolute atomic E-state index is 12.3. The molecule has 0 spiro atoms. The highest BCUT2D eigenvalue weighted by atomic mass is 16.6. The molecule has 3 heterocycles. The molecule has 0 aliphatic carbocycles. The van der Waals surface area contributed by atoms with Gasteiger partial charge in [-0.15, -0.1) is 0 Å². The molecule has 1 fully saturated rings. The predicted molar refractivity (Wildman–Crippen MR) is 112 cm³/mol. The van der Waals surface area contributed by atoms with Gasteiger partial charge >= 0.3 is 5.97 Å². The summed E-state index contributed by atoms with van der Waals surface area (Å²) in [6.07, 6.45) is 4.19. The molecule has 4 rings (SSSR count). The van der Waals surface area contributed by atoms with Crippen molar-refractivity contribution in [3.05, 3.63) is 47.9 Å². The Bertz CT molecular complexity index is 1080. The number of anilines is 1. The van der Waals surface area contributed by atoms with Crippen LogP contribution in [0, 0.1) is 0 Å². The van der Waals surface area contributed by atoms with Gasteiger partial charge < -0.3 is 14.4 Å². The quantitative estimate of drug-likeness (QED) is 0.484. The number of fused-ring (bicyclic) bond motifs is 1. The van der Waals surface area contributed by atoms with Crippen LogP contribution in [0.2, 0.25) is 0 Å². The average Bonchev–Trinajstić information content (AvgIpc) is 3.17. The fourth-order valence-corrected chi connectivity index (χ4v) is 3.36. The van der Waals surface area contributed by atoms with Crippen molar-refractivity contribution in [1.29, 1.82) is 0 Å². The number of carbonyl (C=O) groups excluding carboxylic acids is 2. The minimum absolute atomic E-state index is 0.337. The van der Waals surface area contributed by atoms with Gasteiger partial charge in [-0.2, -0.15) is 0 Å². The molecule has 1 aliphatic heterocycles. The van der Waals surface area contributed by atoms with E-state index in [9.17, 15) is 9.59 Å². The lowest BCUT2D eigenvalue weighted by Crippen LogP contribution is -2.37. The number of aldehydes is 1. The number of imidazole rings is 1. The number of aromatic nitrogens is 3. The summed E-state index contributed by atoms with van der Waals surface area (Å²) in [6.45, 7) is 8.20. The molecular formula is C22H24N4O4. The number of carbonyl (C=O) groups is 2. The first-order valence-electron chi connectivity index (χ1n) is 9.85. The van der Waals surface area contributed by atoms with Crippen LogP contribution in [0.25, 0.3) is 16.9 Å². The normalized spacial score (nSPS) is 14.7. The number of rotatable bonds is 4. The Morgan fingerprint density at radius 2 is 1.87 bits per heavy atom. The summed E-state index contributed by atoms with van der Waals surface area (Å²) in [6, 6.07) is 7.13. The van der Waals surface area contributed by atoms with Crippen LogP contribution in [0.1, 0.15) is 41.6 Å². The number of morpholine rings is 1. The van der Waals surface area contributed by atoms with Gasteiger partial charge in [0.1, 0.15) is 11.3 Å². The first-order chi connectivity index (χ1) is 14.4. The molecule has 1 saturated heterocycles. The monoisotopic (exact) mass is 408 g/mol. The van der Waals surface area contributed by atoms with Crippen molar-refractivity contribution in [2.75, 3.05) is 31.2 Å². The Morgan fingerprint density at radius 3 is 2.50 bits per heavy atom. The summed E-state index contributed by atoms with van der Waals surface area (Å²) >= 11 is 0. The summed E-state index contributed by atoms with van der Waals surface area (Å²) in [5.41, 5.74) is 2.50. The average molecular weight is 408 g/mol. The van der Waals surface area contributed by atoms with Crippen LogP contribution in [0.15, 0.2) is 36.7 Å². The van der Waals surface area contributed by atoms with Crippen LogP contribution in [0.5, 0.6) is 0 Å². The topological polar surface area (TPSA) is 86.0 Å². The van der Waals surface area contributed by atoms with Gasteiger partial charge in [-0.05, 0) is 32.9 Å². The molecule has 2 aromatic heterocycles. The molecule has 0 N–H and O–H groups in total. The third kappa shape index (κ3) is 4.04. The molecule has 1 aromatic carbocycles. The third-order valence-electron chi connectivity index (χ3n) is 4.74. The van der Waals surface area contributed by atoms with Crippen LogP contribution >= 0.6 is 0 Å². The van der Waals surface area contributed by atoms with Gasteiger partial charge in [-0.1, -0.05) is 12.1 Å². The standard InChI is InChI=1S/C22H24N4O4/c1-22(2,3)30-21(28)16-6-4-15(5-7-16)18-12-23-19(25-8-10-29-11-9-25)20-24-17(14-27)13-26(18)20/h4-7,12-14H,8-11H2,1-3H3. The van der Waals surface area contributed by atoms with Crippen LogP contribution < -0.4 is 4.90 Å². The second-order valence-corrected chi connectivity index (χ2v) is 8.12. The van der Waals surface area contributed by atoms with E-state index in [0.29, 0.717) is 30.1 Å². The van der Waals surface area contributed by atoms with Crippen molar-refractivity contribution < 1.29 is 19.1 Å². The highest BCUT2D eigenvalue weighted by Gasteiger charge is 2.21. The lowest BCUT2D eigenvalue weighted by atomic mass is 10.1. The number of hydrogen-bond donors (Lipinski definition) is 0. The fraction of sp³-hybridized carbons (Fsp3) is 0.364. The molecule has 0 atom stereocenters. The highest BCUT2D eigenvalue weighted by molar-refractivity contribution is 5.90. The molecule has 8 nitrogen and oxygen atoms in total. The minimum atomic E-state index is -0.552. The van der Waals surface area contributed by atoms with Gasteiger partial charge in [0.05, 0.1) is 30.7 Å². The van der Waals surface area contributed by atoms with Crippen molar-refractivity contribution in [2.24, 2.45) is 0 Å². The maximum atomic E-state index is 12.3. The zero-order chi connectivity index (χ0) is 21.3. The Morgan fingerprint density at radius 1 is 1.17 bits per heavy atom. The van der Waals surface area contributed by atoms with Gasteiger partial charge in [-0.3, -0.25) is 9.20 Å². The van der Waals surface area contributed by atoms with Crippen LogP contribution in [0.4, 0.5) is 5.82 Å². The zero-order valence-electron chi connectivity index (χ0n) is 17.3. The predicted octanol–water partition coefficient (Wildman–Crippen LogP) is 3.00. The highest BCUT2D eigenvalue weighted by Crippen LogP contribution is 2.27. The summed E-state index contributed by atoms with van der Waals surface area (Å²) in [7, 11) is 0. The van der Waals surface area contributed by atoms with E-state index in [4.69, 9.17) is 9.47 Å². The Hall–Kier alpha value is -3.26. The molecule has 0 radical (unpaired) electrons. The van der Waals surface area contributed by atoms with Crippen molar-refractivity contribution >= 4 is 23.7 Å². The number of benzene rings is 1. The smallest absolute Gasteiger partial charge is 0.338 e. The van der Waals surface area contributed by atoms with Crippen LogP contribution in [0.3, 0.4) is 0 Å². The summed E-state index contributed by atoms with van der Waals surface area (Å²) in [5, 5.41) is 0. The van der Waals surface area contributed by atoms with Crippen molar-refractivity contribution in [2.45, 2.75) is 26.4 Å². The molecular weight excluding hydrogens is 384 g/mol. The first-order valence-corrected chi connectivity index (χ1v) is 9.85. The van der Waals surface area contributed by atoms with E-state index >= 15 is 0 Å². The van der Waals surface area contributed by atoms with E-state index < -0.39 is 5.60 Å². The molecule has 156 valence electrons. The van der Waals surface area contributed by atoms with Gasteiger partial charge in [0.15, 0.2) is 17.8 Å². The van der Waals surface area contributed by atoms with Crippen molar-refractivity contribution in [1.82, 2.24) is 14.4 Å². The fourth-order valence-electron chi connectivity index (χ4n) is 3.36. The number of esters is 1. The van der Waals surface area contributed by atoms with Gasteiger partial charge in [0, 0.05) is 24.8 Å². The van der Waals surface area contributed by atoms with Gasteiger partial charge in [-0.25, -0.2) is 14.8 Å². The minimum Gasteiger partial charge on any atom is -0.456 e. The molecule has 8 heteroatoms. The summed E-state index contributed by atoms with van der Waals surface area (Å²) < 4.78 is 12.7. The Labute approximate surface area is 174 Å². The number of nitrogens with zero attached hydrogens (tertiary/aromatic N) is 4. The second kappa shape index (κ2) is 7.87. The maximum Gasteiger partial charge on any atom is 0.338 e. The van der Waals surface area contributed by atoms with Gasteiger partial charge in [0.2, 0.25) is 0 Å². The van der Waals surface area contributed by atoms with E-state index in [1.54, 1.807) is 24.5 Å². The lowest BCUT2D eigenvalue weighted by molar-refractivity contribution is 0.00694. The number of hydrogen-bond acceptors (Lipinski definition) is 7. The molecule has 30 heavy (non-hydrogen) atoms. The molecule has 0 unspecified atom stereocenters. The molecule has 1 aliphatic rings. The lowest BCUT2D eigenvalue weighted by Gasteiger charge is -2.28. The largest absolute Gasteiger partial charge is 0.456 e. The molecule has 3 aromatic rings. The third-order valence-corrected chi connectivity index (χ3v) is 4.74. The Balaban J connectivity index is 1.71. The van der Waals surface area contributed by atoms with E-state index in [1.165, 1.54) is 0 Å². The summed E-state index contributed by atoms with van der Waals surface area (Å²) in [5.74, 6) is 0.353.